The van der Waals surface area contributed by atoms with E-state index in [2.05, 4.69) is 15.2 Å². The van der Waals surface area contributed by atoms with Gasteiger partial charge in [-0.1, -0.05) is 41.6 Å². The van der Waals surface area contributed by atoms with Crippen LogP contribution in [0.15, 0.2) is 34.2 Å². The molecule has 0 fully saturated rings. The zero-order valence-corrected chi connectivity index (χ0v) is 10.9. The van der Waals surface area contributed by atoms with Gasteiger partial charge in [0, 0.05) is 5.56 Å². The van der Waals surface area contributed by atoms with Crippen LogP contribution in [0, 0.1) is 6.92 Å². The van der Waals surface area contributed by atoms with Gasteiger partial charge >= 0.3 is 5.97 Å². The van der Waals surface area contributed by atoms with E-state index in [1.54, 1.807) is 12.1 Å². The highest BCUT2D eigenvalue weighted by Crippen LogP contribution is 2.14. The number of hydrogen-bond donors (Lipinski definition) is 2. The van der Waals surface area contributed by atoms with Gasteiger partial charge in [-0.3, -0.25) is 14.6 Å². The molecule has 0 atom stereocenters. The van der Waals surface area contributed by atoms with Crippen LogP contribution in [0.3, 0.4) is 0 Å². The fraction of sp³-hybridized carbons (Fsp3) is 0.167. The van der Waals surface area contributed by atoms with Gasteiger partial charge in [0.15, 0.2) is 10.9 Å². The molecule has 0 aliphatic rings. The van der Waals surface area contributed by atoms with E-state index in [4.69, 9.17) is 5.11 Å². The van der Waals surface area contributed by atoms with Crippen molar-refractivity contribution in [3.63, 3.8) is 0 Å². The third-order valence-electron chi connectivity index (χ3n) is 2.33. The van der Waals surface area contributed by atoms with E-state index in [1.165, 1.54) is 0 Å². The number of carboxylic acid groups (broad SMARTS) is 1. The van der Waals surface area contributed by atoms with Gasteiger partial charge in [0.05, 0.1) is 5.75 Å². The second-order valence-electron chi connectivity index (χ2n) is 3.86. The van der Waals surface area contributed by atoms with Crippen LogP contribution in [0.25, 0.3) is 11.3 Å². The summed E-state index contributed by atoms with van der Waals surface area (Å²) in [4.78, 5) is 24.8. The highest BCUT2D eigenvalue weighted by atomic mass is 32.2. The minimum absolute atomic E-state index is 0.172. The van der Waals surface area contributed by atoms with Crippen LogP contribution in [-0.2, 0) is 4.79 Å². The van der Waals surface area contributed by atoms with Gasteiger partial charge in [-0.2, -0.15) is 0 Å². The topological polar surface area (TPSA) is 95.9 Å². The van der Waals surface area contributed by atoms with Gasteiger partial charge in [-0.05, 0) is 6.92 Å². The molecule has 1 aromatic carbocycles. The lowest BCUT2D eigenvalue weighted by Gasteiger charge is -2.01. The zero-order valence-electron chi connectivity index (χ0n) is 10.1. The number of aryl methyl sites for hydroxylation is 1. The third kappa shape index (κ3) is 3.41. The number of hydrogen-bond acceptors (Lipinski definition) is 5. The minimum Gasteiger partial charge on any atom is -0.481 e. The summed E-state index contributed by atoms with van der Waals surface area (Å²) in [5, 5.41) is 16.4. The van der Waals surface area contributed by atoms with E-state index in [-0.39, 0.29) is 22.2 Å². The summed E-state index contributed by atoms with van der Waals surface area (Å²) in [5.74, 6) is -1.15. The standard InChI is InChI=1S/C12H11N3O3S/c1-7-2-4-8(5-3-7)10-11(18)13-12(15-14-10)19-6-9(16)17/h2-5H,6H2,1H3,(H,16,17)(H,13,15,18). The number of H-pyrrole nitrogens is 1. The van der Waals surface area contributed by atoms with Crippen LogP contribution in [0.1, 0.15) is 5.56 Å². The molecule has 0 radical (unpaired) electrons. The molecule has 2 N–H and O–H groups in total. The Balaban J connectivity index is 2.26. The number of aliphatic carboxylic acids is 1. The third-order valence-corrected chi connectivity index (χ3v) is 3.18. The Labute approximate surface area is 112 Å². The number of aromatic amines is 1. The summed E-state index contributed by atoms with van der Waals surface area (Å²) in [7, 11) is 0. The Morgan fingerprint density at radius 1 is 1.32 bits per heavy atom. The molecule has 98 valence electrons. The highest BCUT2D eigenvalue weighted by molar-refractivity contribution is 7.99. The van der Waals surface area contributed by atoms with Crippen molar-refractivity contribution in [2.75, 3.05) is 5.75 Å². The Bertz CT molecular complexity index is 652. The van der Waals surface area contributed by atoms with Gasteiger partial charge < -0.3 is 5.11 Å². The molecule has 0 spiro atoms. The number of nitrogens with zero attached hydrogens (tertiary/aromatic N) is 2. The SMILES string of the molecule is Cc1ccc(-c2nnc(SCC(=O)O)[nH]c2=O)cc1. The van der Waals surface area contributed by atoms with Crippen molar-refractivity contribution in [3.8, 4) is 11.3 Å². The van der Waals surface area contributed by atoms with Crippen LogP contribution in [0.4, 0.5) is 0 Å². The van der Waals surface area contributed by atoms with E-state index in [0.29, 0.717) is 5.56 Å². The maximum atomic E-state index is 11.9. The van der Waals surface area contributed by atoms with Gasteiger partial charge in [0.25, 0.3) is 5.56 Å². The van der Waals surface area contributed by atoms with Crippen molar-refractivity contribution in [2.24, 2.45) is 0 Å². The largest absolute Gasteiger partial charge is 0.481 e. The normalized spacial score (nSPS) is 10.4. The minimum atomic E-state index is -0.977. The fourth-order valence-electron chi connectivity index (χ4n) is 1.42. The molecule has 0 saturated heterocycles. The second kappa shape index (κ2) is 5.66. The van der Waals surface area contributed by atoms with E-state index in [0.717, 1.165) is 17.3 Å². The molecule has 0 bridgehead atoms. The van der Waals surface area contributed by atoms with Crippen molar-refractivity contribution in [3.05, 3.63) is 40.2 Å². The summed E-state index contributed by atoms with van der Waals surface area (Å²) < 4.78 is 0. The van der Waals surface area contributed by atoms with Crippen molar-refractivity contribution in [2.45, 2.75) is 12.1 Å². The molecule has 6 nitrogen and oxygen atoms in total. The van der Waals surface area contributed by atoms with Crippen LogP contribution < -0.4 is 5.56 Å². The first-order valence-electron chi connectivity index (χ1n) is 5.45. The number of nitrogens with one attached hydrogen (secondary N) is 1. The van der Waals surface area contributed by atoms with E-state index in [9.17, 15) is 9.59 Å². The zero-order chi connectivity index (χ0) is 13.8. The summed E-state index contributed by atoms with van der Waals surface area (Å²) in [6.45, 7) is 1.95. The first-order valence-corrected chi connectivity index (χ1v) is 6.43. The molecule has 1 aromatic heterocycles. The summed E-state index contributed by atoms with van der Waals surface area (Å²) in [6.07, 6.45) is 0. The van der Waals surface area contributed by atoms with E-state index in [1.807, 2.05) is 19.1 Å². The van der Waals surface area contributed by atoms with Crippen LogP contribution >= 0.6 is 11.8 Å². The van der Waals surface area contributed by atoms with Crippen molar-refractivity contribution >= 4 is 17.7 Å². The van der Waals surface area contributed by atoms with Crippen molar-refractivity contribution in [1.29, 1.82) is 0 Å². The smallest absolute Gasteiger partial charge is 0.313 e. The Hall–Kier alpha value is -2.15. The van der Waals surface area contributed by atoms with E-state index >= 15 is 0 Å². The lowest BCUT2D eigenvalue weighted by atomic mass is 10.1. The number of carboxylic acids is 1. The molecular weight excluding hydrogens is 266 g/mol. The van der Waals surface area contributed by atoms with Gasteiger partial charge in [-0.25, -0.2) is 0 Å². The Morgan fingerprint density at radius 3 is 2.58 bits per heavy atom. The molecule has 0 aliphatic heterocycles. The lowest BCUT2D eigenvalue weighted by molar-refractivity contribution is -0.133. The van der Waals surface area contributed by atoms with Crippen molar-refractivity contribution < 1.29 is 9.90 Å². The quantitative estimate of drug-likeness (QED) is 0.818. The molecular formula is C12H11N3O3S. The fourth-order valence-corrected chi connectivity index (χ4v) is 1.94. The lowest BCUT2D eigenvalue weighted by Crippen LogP contribution is -2.14. The molecule has 0 unspecified atom stereocenters. The Kier molecular flexibility index (Phi) is 3.96. The molecule has 7 heteroatoms. The maximum Gasteiger partial charge on any atom is 0.313 e. The van der Waals surface area contributed by atoms with Crippen LogP contribution in [0.5, 0.6) is 0 Å². The molecule has 0 saturated carbocycles. The second-order valence-corrected chi connectivity index (χ2v) is 4.82. The number of carbonyl (C=O) groups is 1. The monoisotopic (exact) mass is 277 g/mol. The van der Waals surface area contributed by atoms with Crippen molar-refractivity contribution in [1.82, 2.24) is 15.2 Å². The maximum absolute atomic E-state index is 11.9. The van der Waals surface area contributed by atoms with Crippen LogP contribution in [0.2, 0.25) is 0 Å². The molecule has 2 aromatic rings. The van der Waals surface area contributed by atoms with Gasteiger partial charge in [-0.15, -0.1) is 10.2 Å². The summed E-state index contributed by atoms with van der Waals surface area (Å²) in [6, 6.07) is 7.34. The predicted molar refractivity (Wildman–Crippen MR) is 71.2 cm³/mol. The molecule has 2 rings (SSSR count). The van der Waals surface area contributed by atoms with Gasteiger partial charge in [0.2, 0.25) is 0 Å². The van der Waals surface area contributed by atoms with E-state index < -0.39 is 5.97 Å². The highest BCUT2D eigenvalue weighted by Gasteiger charge is 2.08. The Morgan fingerprint density at radius 2 is 2.00 bits per heavy atom. The first-order chi connectivity index (χ1) is 9.06. The number of rotatable bonds is 4. The molecule has 0 amide bonds. The first kappa shape index (κ1) is 13.3. The predicted octanol–water partition coefficient (Wildman–Crippen LogP) is 1.32. The summed E-state index contributed by atoms with van der Waals surface area (Å²) >= 11 is 0.920. The molecule has 19 heavy (non-hydrogen) atoms. The van der Waals surface area contributed by atoms with Crippen LogP contribution in [-0.4, -0.2) is 32.0 Å². The van der Waals surface area contributed by atoms with Gasteiger partial charge in [0.1, 0.15) is 0 Å². The number of thioether (sulfide) groups is 1. The molecule has 0 aliphatic carbocycles. The molecule has 1 heterocycles. The average molecular weight is 277 g/mol. The number of aromatic nitrogens is 3. The summed E-state index contributed by atoms with van der Waals surface area (Å²) in [5.41, 5.74) is 1.60. The number of benzene rings is 1. The average Bonchev–Trinajstić information content (AvgIpc) is 2.38.